The van der Waals surface area contributed by atoms with Crippen molar-refractivity contribution in [3.05, 3.63) is 11.3 Å². The minimum Gasteiger partial charge on any atom is -0.450 e. The molecule has 0 radical (unpaired) electrons. The second-order valence-corrected chi connectivity index (χ2v) is 14.1. The molecule has 0 atom stereocenters. The number of nitrogens with one attached hydrogen (secondary N) is 4. The maximum Gasteiger partial charge on any atom is 0.411 e. The third-order valence-electron chi connectivity index (χ3n) is 5.75. The van der Waals surface area contributed by atoms with Gasteiger partial charge in [-0.25, -0.2) is 4.79 Å². The zero-order valence-electron chi connectivity index (χ0n) is 16.8. The zero-order valence-corrected chi connectivity index (χ0v) is 17.8. The highest BCUT2D eigenvalue weighted by molar-refractivity contribution is 6.82. The minimum atomic E-state index is -1.71. The van der Waals surface area contributed by atoms with Crippen molar-refractivity contribution < 1.29 is 14.3 Å². The van der Waals surface area contributed by atoms with Gasteiger partial charge in [0.1, 0.15) is 5.84 Å². The number of carbonyl (C=O) groups excluding carboxylic acids is 2. The van der Waals surface area contributed by atoms with E-state index in [4.69, 9.17) is 10.1 Å². The predicted molar refractivity (Wildman–Crippen MR) is 105 cm³/mol. The van der Waals surface area contributed by atoms with Gasteiger partial charge in [0.2, 0.25) is 5.91 Å². The van der Waals surface area contributed by atoms with E-state index in [0.717, 1.165) is 19.3 Å². The molecule has 1 fully saturated rings. The van der Waals surface area contributed by atoms with Crippen molar-refractivity contribution in [3.8, 4) is 0 Å². The molecule has 1 aliphatic heterocycles. The molecule has 0 aromatic carbocycles. The standard InChI is InChI=1S/C18H32N4O3Si/c1-7-25-16(24)21-13-12(11-20-17(13,2)3)14(19)22-15(23)18(9-8-10-18)26(4,5)6/h20H,7-11H2,1-6H3,(H,21,24)(H2,19,22,23). The average Bonchev–Trinajstić information content (AvgIpc) is 2.71. The summed E-state index contributed by atoms with van der Waals surface area (Å²) in [6.45, 7) is 12.9. The molecule has 2 rings (SSSR count). The van der Waals surface area contributed by atoms with E-state index >= 15 is 0 Å². The Morgan fingerprint density at radius 2 is 1.88 bits per heavy atom. The van der Waals surface area contributed by atoms with Crippen molar-refractivity contribution >= 4 is 25.9 Å². The molecule has 4 N–H and O–H groups in total. The first-order valence-electron chi connectivity index (χ1n) is 9.27. The Bertz CT molecular complexity index is 645. The van der Waals surface area contributed by atoms with E-state index in [9.17, 15) is 9.59 Å². The number of ether oxygens (including phenoxy) is 1. The lowest BCUT2D eigenvalue weighted by Gasteiger charge is -2.49. The normalized spacial score (nSPS) is 21.0. The van der Waals surface area contributed by atoms with E-state index in [0.29, 0.717) is 17.8 Å². The van der Waals surface area contributed by atoms with Crippen molar-refractivity contribution in [2.45, 2.75) is 70.3 Å². The predicted octanol–water partition coefficient (Wildman–Crippen LogP) is 2.72. The molecule has 0 spiro atoms. The van der Waals surface area contributed by atoms with E-state index in [2.05, 4.69) is 35.6 Å². The first kappa shape index (κ1) is 20.6. The van der Waals surface area contributed by atoms with Gasteiger partial charge in [-0.1, -0.05) is 26.1 Å². The first-order chi connectivity index (χ1) is 11.9. The van der Waals surface area contributed by atoms with E-state index < -0.39 is 19.7 Å². The van der Waals surface area contributed by atoms with Crippen LogP contribution in [0.1, 0.15) is 40.0 Å². The third-order valence-corrected chi connectivity index (χ3v) is 9.35. The van der Waals surface area contributed by atoms with Crippen LogP contribution in [0, 0.1) is 5.41 Å². The highest BCUT2D eigenvalue weighted by Crippen LogP contribution is 2.55. The molecule has 8 heteroatoms. The molecule has 1 saturated carbocycles. The van der Waals surface area contributed by atoms with Gasteiger partial charge in [-0.05, 0) is 33.6 Å². The lowest BCUT2D eigenvalue weighted by atomic mass is 9.83. The van der Waals surface area contributed by atoms with Crippen molar-refractivity contribution in [2.24, 2.45) is 0 Å². The van der Waals surface area contributed by atoms with Gasteiger partial charge in [-0.3, -0.25) is 15.5 Å². The average molecular weight is 381 g/mol. The summed E-state index contributed by atoms with van der Waals surface area (Å²) in [6, 6.07) is 0. The zero-order chi connectivity index (χ0) is 19.8. The highest BCUT2D eigenvalue weighted by atomic mass is 28.3. The van der Waals surface area contributed by atoms with E-state index in [1.54, 1.807) is 6.92 Å². The van der Waals surface area contributed by atoms with Gasteiger partial charge < -0.3 is 15.4 Å². The molecule has 1 heterocycles. The number of hydrogen-bond acceptors (Lipinski definition) is 5. The Hall–Kier alpha value is -1.67. The Kier molecular flexibility index (Phi) is 5.68. The minimum absolute atomic E-state index is 0.0411. The Morgan fingerprint density at radius 1 is 1.27 bits per heavy atom. The van der Waals surface area contributed by atoms with Crippen LogP contribution in [-0.4, -0.2) is 44.6 Å². The van der Waals surface area contributed by atoms with Gasteiger partial charge in [0.25, 0.3) is 0 Å². The van der Waals surface area contributed by atoms with E-state index in [-0.39, 0.29) is 23.4 Å². The van der Waals surface area contributed by atoms with Crippen LogP contribution in [0.3, 0.4) is 0 Å². The monoisotopic (exact) mass is 380 g/mol. The summed E-state index contributed by atoms with van der Waals surface area (Å²) in [5.41, 5.74) is 0.671. The maximum absolute atomic E-state index is 13.0. The number of hydrogen-bond donors (Lipinski definition) is 4. The molecular weight excluding hydrogens is 348 g/mol. The van der Waals surface area contributed by atoms with Crippen LogP contribution in [0.2, 0.25) is 24.7 Å². The summed E-state index contributed by atoms with van der Waals surface area (Å²) < 4.78 is 4.97. The van der Waals surface area contributed by atoms with Gasteiger partial charge in [0, 0.05) is 22.9 Å². The molecule has 0 bridgehead atoms. The van der Waals surface area contributed by atoms with Crippen LogP contribution in [0.15, 0.2) is 11.3 Å². The van der Waals surface area contributed by atoms with Gasteiger partial charge in [0.05, 0.1) is 20.2 Å². The van der Waals surface area contributed by atoms with Crippen LogP contribution in [-0.2, 0) is 9.53 Å². The van der Waals surface area contributed by atoms with E-state index in [1.165, 1.54) is 0 Å². The van der Waals surface area contributed by atoms with E-state index in [1.807, 2.05) is 13.8 Å². The van der Waals surface area contributed by atoms with Gasteiger partial charge >= 0.3 is 6.09 Å². The fraction of sp³-hybridized carbons (Fsp3) is 0.722. The van der Waals surface area contributed by atoms with Crippen molar-refractivity contribution in [1.29, 1.82) is 5.41 Å². The fourth-order valence-corrected chi connectivity index (χ4v) is 6.33. The van der Waals surface area contributed by atoms with Gasteiger partial charge in [0.15, 0.2) is 0 Å². The summed E-state index contributed by atoms with van der Waals surface area (Å²) in [6.07, 6.45) is 2.32. The van der Waals surface area contributed by atoms with Crippen LogP contribution in [0.4, 0.5) is 4.79 Å². The quantitative estimate of drug-likeness (QED) is 0.334. The fourth-order valence-electron chi connectivity index (χ4n) is 3.73. The van der Waals surface area contributed by atoms with Gasteiger partial charge in [-0.2, -0.15) is 0 Å². The molecule has 0 aromatic heterocycles. The number of amidine groups is 1. The molecule has 2 amide bonds. The molecule has 7 nitrogen and oxygen atoms in total. The molecule has 146 valence electrons. The molecule has 0 unspecified atom stereocenters. The van der Waals surface area contributed by atoms with Crippen LogP contribution in [0.5, 0.6) is 0 Å². The number of alkyl carbamates (subject to hydrolysis) is 1. The number of carbonyl (C=O) groups is 2. The lowest BCUT2D eigenvalue weighted by Crippen LogP contribution is -2.55. The molecular formula is C18H32N4O3Si. The second-order valence-electron chi connectivity index (χ2n) is 8.69. The molecule has 2 aliphatic rings. The summed E-state index contributed by atoms with van der Waals surface area (Å²) >= 11 is 0. The highest BCUT2D eigenvalue weighted by Gasteiger charge is 2.53. The lowest BCUT2D eigenvalue weighted by molar-refractivity contribution is -0.125. The van der Waals surface area contributed by atoms with Crippen molar-refractivity contribution in [2.75, 3.05) is 13.2 Å². The van der Waals surface area contributed by atoms with Gasteiger partial charge in [-0.15, -0.1) is 0 Å². The third kappa shape index (κ3) is 3.71. The number of amides is 2. The van der Waals surface area contributed by atoms with Crippen LogP contribution >= 0.6 is 0 Å². The van der Waals surface area contributed by atoms with Crippen molar-refractivity contribution in [3.63, 3.8) is 0 Å². The summed E-state index contributed by atoms with van der Waals surface area (Å²) in [5, 5.41) is 17.0. The Morgan fingerprint density at radius 3 is 2.35 bits per heavy atom. The molecule has 26 heavy (non-hydrogen) atoms. The second kappa shape index (κ2) is 7.15. The molecule has 0 aromatic rings. The topological polar surface area (TPSA) is 103 Å². The molecule has 0 saturated heterocycles. The molecule has 1 aliphatic carbocycles. The maximum atomic E-state index is 13.0. The van der Waals surface area contributed by atoms with Crippen LogP contribution in [0.25, 0.3) is 0 Å². The largest absolute Gasteiger partial charge is 0.450 e. The summed E-state index contributed by atoms with van der Waals surface area (Å²) in [5.74, 6) is 0.0185. The van der Waals surface area contributed by atoms with Crippen LogP contribution < -0.4 is 16.0 Å². The Labute approximate surface area is 156 Å². The summed E-state index contributed by atoms with van der Waals surface area (Å²) in [4.78, 5) is 24.9. The number of rotatable bonds is 5. The SMILES string of the molecule is CCOC(=O)NC1=C(C(=N)NC(=O)C2([Si](C)(C)C)CCC2)CNC1(C)C. The summed E-state index contributed by atoms with van der Waals surface area (Å²) in [7, 11) is -1.71. The van der Waals surface area contributed by atoms with Crippen molar-refractivity contribution in [1.82, 2.24) is 16.0 Å². The Balaban J connectivity index is 2.21. The first-order valence-corrected chi connectivity index (χ1v) is 12.8. The smallest absolute Gasteiger partial charge is 0.411 e.